The molecule has 1 aliphatic heterocycles. The number of rotatable bonds is 2. The summed E-state index contributed by atoms with van der Waals surface area (Å²) in [5.74, 6) is 0.732. The second-order valence-electron chi connectivity index (χ2n) is 15.0. The molecular formula is C46H33N3O. The first kappa shape index (κ1) is 27.9. The van der Waals surface area contributed by atoms with E-state index in [1.54, 1.807) is 0 Å². The van der Waals surface area contributed by atoms with Gasteiger partial charge in [-0.15, -0.1) is 0 Å². The third-order valence-corrected chi connectivity index (χ3v) is 11.6. The number of hydrogen-bond donors (Lipinski definition) is 0. The van der Waals surface area contributed by atoms with Gasteiger partial charge in [-0.2, -0.15) is 0 Å². The highest BCUT2D eigenvalue weighted by atomic mass is 16.3. The first-order chi connectivity index (χ1) is 24.3. The average Bonchev–Trinajstić information content (AvgIpc) is 3.75. The average molecular weight is 644 g/mol. The summed E-state index contributed by atoms with van der Waals surface area (Å²) in [6, 6.07) is 45.7. The van der Waals surface area contributed by atoms with Crippen LogP contribution in [0.15, 0.2) is 132 Å². The summed E-state index contributed by atoms with van der Waals surface area (Å²) >= 11 is 0. The normalized spacial score (nSPS) is 15.1. The lowest BCUT2D eigenvalue weighted by Gasteiger charge is -2.35. The molecule has 0 unspecified atom stereocenters. The van der Waals surface area contributed by atoms with Crippen molar-refractivity contribution in [1.82, 2.24) is 14.5 Å². The molecule has 0 N–H and O–H groups in total. The summed E-state index contributed by atoms with van der Waals surface area (Å²) in [4.78, 5) is 10.8. The third-order valence-electron chi connectivity index (χ3n) is 11.6. The van der Waals surface area contributed by atoms with E-state index in [2.05, 4.69) is 154 Å². The standard InChI is InChI=1S/C46H33N3O/c1-45(2)33-18-8-5-13-27(33)28-24-23-26(25-35(28)45)41-29-14-6-9-20-36(29)47-43(48-41)32-17-12-21-37-40(32)46(3,4)34-19-11-16-31-39-30-15-7-10-22-38(30)50-44(39)49(37)42(31)34/h5-25H,1-4H3. The predicted molar refractivity (Wildman–Crippen MR) is 204 cm³/mol. The van der Waals surface area contributed by atoms with E-state index in [0.29, 0.717) is 0 Å². The number of furan rings is 1. The van der Waals surface area contributed by atoms with Crippen LogP contribution in [-0.4, -0.2) is 14.5 Å². The molecule has 0 atom stereocenters. The molecule has 0 radical (unpaired) electrons. The van der Waals surface area contributed by atoms with Crippen LogP contribution in [0, 0.1) is 0 Å². The number of aromatic nitrogens is 3. The zero-order valence-corrected chi connectivity index (χ0v) is 28.4. The molecule has 0 amide bonds. The van der Waals surface area contributed by atoms with E-state index in [1.807, 2.05) is 6.07 Å². The number of nitrogens with zero attached hydrogens (tertiary/aromatic N) is 3. The van der Waals surface area contributed by atoms with E-state index in [-0.39, 0.29) is 10.8 Å². The molecule has 0 spiro atoms. The Morgan fingerprint density at radius 2 is 1.26 bits per heavy atom. The molecular weight excluding hydrogens is 611 g/mol. The van der Waals surface area contributed by atoms with Gasteiger partial charge in [0.25, 0.3) is 0 Å². The van der Waals surface area contributed by atoms with E-state index in [4.69, 9.17) is 14.4 Å². The Bertz CT molecular complexity index is 2940. The smallest absolute Gasteiger partial charge is 0.213 e. The van der Waals surface area contributed by atoms with Gasteiger partial charge in [0.05, 0.1) is 27.8 Å². The van der Waals surface area contributed by atoms with Gasteiger partial charge >= 0.3 is 0 Å². The van der Waals surface area contributed by atoms with Crippen molar-refractivity contribution < 1.29 is 4.42 Å². The Morgan fingerprint density at radius 1 is 0.560 bits per heavy atom. The van der Waals surface area contributed by atoms with Gasteiger partial charge in [-0.1, -0.05) is 131 Å². The summed E-state index contributed by atoms with van der Waals surface area (Å²) in [6.45, 7) is 9.34. The van der Waals surface area contributed by atoms with E-state index >= 15 is 0 Å². The molecule has 3 aromatic heterocycles. The Kier molecular flexibility index (Phi) is 5.23. The molecule has 9 aromatic rings. The fourth-order valence-corrected chi connectivity index (χ4v) is 9.25. The van der Waals surface area contributed by atoms with Crippen molar-refractivity contribution >= 4 is 43.9 Å². The monoisotopic (exact) mass is 643 g/mol. The van der Waals surface area contributed by atoms with Crippen molar-refractivity contribution in [1.29, 1.82) is 0 Å². The van der Waals surface area contributed by atoms with Gasteiger partial charge < -0.3 is 4.42 Å². The summed E-state index contributed by atoms with van der Waals surface area (Å²) < 4.78 is 9.00. The molecule has 4 nitrogen and oxygen atoms in total. The molecule has 0 saturated carbocycles. The van der Waals surface area contributed by atoms with Gasteiger partial charge in [-0.25, -0.2) is 9.97 Å². The number of fused-ring (bicyclic) bond motifs is 11. The van der Waals surface area contributed by atoms with Gasteiger partial charge in [0.2, 0.25) is 5.71 Å². The van der Waals surface area contributed by atoms with Crippen molar-refractivity contribution in [3.05, 3.63) is 150 Å². The van der Waals surface area contributed by atoms with Gasteiger partial charge in [-0.05, 0) is 57.6 Å². The van der Waals surface area contributed by atoms with Gasteiger partial charge in [0.15, 0.2) is 5.82 Å². The van der Waals surface area contributed by atoms with Crippen molar-refractivity contribution in [2.45, 2.75) is 38.5 Å². The Morgan fingerprint density at radius 3 is 2.16 bits per heavy atom. The zero-order chi connectivity index (χ0) is 33.5. The maximum absolute atomic E-state index is 6.66. The second kappa shape index (κ2) is 9.36. The van der Waals surface area contributed by atoms with Gasteiger partial charge in [0, 0.05) is 38.1 Å². The minimum absolute atomic E-state index is 0.104. The summed E-state index contributed by atoms with van der Waals surface area (Å²) in [5.41, 5.74) is 15.5. The van der Waals surface area contributed by atoms with Crippen LogP contribution >= 0.6 is 0 Å². The second-order valence-corrected chi connectivity index (χ2v) is 15.0. The summed E-state index contributed by atoms with van der Waals surface area (Å²) in [5, 5.41) is 4.58. The lowest BCUT2D eigenvalue weighted by Crippen LogP contribution is -2.27. The minimum Gasteiger partial charge on any atom is -0.439 e. The van der Waals surface area contributed by atoms with Crippen LogP contribution in [0.4, 0.5) is 0 Å². The quantitative estimate of drug-likeness (QED) is 0.188. The van der Waals surface area contributed by atoms with Crippen LogP contribution in [0.5, 0.6) is 0 Å². The van der Waals surface area contributed by atoms with Crippen LogP contribution in [0.3, 0.4) is 0 Å². The molecule has 50 heavy (non-hydrogen) atoms. The number of hydrogen-bond acceptors (Lipinski definition) is 3. The van der Waals surface area contributed by atoms with E-state index < -0.39 is 0 Å². The van der Waals surface area contributed by atoms with E-state index in [0.717, 1.165) is 61.3 Å². The molecule has 2 aliphatic rings. The molecule has 4 heterocycles. The molecule has 238 valence electrons. The topological polar surface area (TPSA) is 43.9 Å². The first-order valence-corrected chi connectivity index (χ1v) is 17.4. The molecule has 11 rings (SSSR count). The third kappa shape index (κ3) is 3.40. The van der Waals surface area contributed by atoms with Gasteiger partial charge in [0.1, 0.15) is 5.58 Å². The van der Waals surface area contributed by atoms with Crippen LogP contribution in [0.1, 0.15) is 49.9 Å². The number of para-hydroxylation sites is 3. The maximum Gasteiger partial charge on any atom is 0.213 e. The SMILES string of the molecule is CC1(C)c2ccccc2-c2ccc(-c3nc(-c4cccc5c4C(C)(C)c4cccc6c7c8ccccc8oc7n-5c46)nc4ccccc34)cc21. The maximum atomic E-state index is 6.66. The number of benzene rings is 6. The van der Waals surface area contributed by atoms with Crippen LogP contribution < -0.4 is 0 Å². The lowest BCUT2D eigenvalue weighted by molar-refractivity contribution is 0.613. The van der Waals surface area contributed by atoms with E-state index in [1.165, 1.54) is 44.3 Å². The van der Waals surface area contributed by atoms with Crippen LogP contribution in [0.25, 0.3) is 83.3 Å². The van der Waals surface area contributed by atoms with Crippen molar-refractivity contribution in [3.63, 3.8) is 0 Å². The molecule has 0 fully saturated rings. The summed E-state index contributed by atoms with van der Waals surface area (Å²) in [7, 11) is 0. The Labute approximate surface area is 289 Å². The first-order valence-electron chi connectivity index (χ1n) is 17.4. The van der Waals surface area contributed by atoms with Crippen LogP contribution in [-0.2, 0) is 10.8 Å². The molecule has 0 bridgehead atoms. The zero-order valence-electron chi connectivity index (χ0n) is 28.4. The largest absolute Gasteiger partial charge is 0.439 e. The Balaban J connectivity index is 1.18. The van der Waals surface area contributed by atoms with Crippen molar-refractivity contribution in [2.24, 2.45) is 0 Å². The van der Waals surface area contributed by atoms with E-state index in [9.17, 15) is 0 Å². The lowest BCUT2D eigenvalue weighted by atomic mass is 9.72. The van der Waals surface area contributed by atoms with Crippen molar-refractivity contribution in [3.8, 4) is 39.5 Å². The van der Waals surface area contributed by atoms with Gasteiger partial charge in [-0.3, -0.25) is 4.57 Å². The highest BCUT2D eigenvalue weighted by Crippen LogP contribution is 2.53. The minimum atomic E-state index is -0.328. The molecule has 0 saturated heterocycles. The van der Waals surface area contributed by atoms with Crippen LogP contribution in [0.2, 0.25) is 0 Å². The fraction of sp³-hybridized carbons (Fsp3) is 0.130. The highest BCUT2D eigenvalue weighted by Gasteiger charge is 2.39. The molecule has 4 heteroatoms. The Hall–Kier alpha value is -6.00. The molecule has 6 aromatic carbocycles. The fourth-order valence-electron chi connectivity index (χ4n) is 9.25. The van der Waals surface area contributed by atoms with Crippen molar-refractivity contribution in [2.75, 3.05) is 0 Å². The highest BCUT2D eigenvalue weighted by molar-refractivity contribution is 6.21. The molecule has 1 aliphatic carbocycles. The summed E-state index contributed by atoms with van der Waals surface area (Å²) in [6.07, 6.45) is 0. The predicted octanol–water partition coefficient (Wildman–Crippen LogP) is 11.8.